The average molecular weight is 356 g/mol. The summed E-state index contributed by atoms with van der Waals surface area (Å²) < 4.78 is 12.3. The number of hydrogen-bond acceptors (Lipinski definition) is 4. The van der Waals surface area contributed by atoms with E-state index in [9.17, 15) is 10.2 Å². The van der Waals surface area contributed by atoms with E-state index in [1.807, 2.05) is 45.0 Å². The first-order valence-corrected chi connectivity index (χ1v) is 9.18. The van der Waals surface area contributed by atoms with Gasteiger partial charge in [0, 0.05) is 12.0 Å². The van der Waals surface area contributed by atoms with Crippen LogP contribution in [0, 0.1) is 20.8 Å². The number of aliphatic hydroxyl groups is 1. The summed E-state index contributed by atoms with van der Waals surface area (Å²) in [7, 11) is 0. The third kappa shape index (κ3) is 3.51. The fraction of sp³-hybridized carbons (Fsp3) is 0.455. The molecule has 0 saturated heterocycles. The molecule has 0 amide bonds. The zero-order valence-electron chi connectivity index (χ0n) is 16.1. The fourth-order valence-electron chi connectivity index (χ4n) is 3.59. The molecule has 2 aromatic rings. The van der Waals surface area contributed by atoms with Crippen LogP contribution in [-0.2, 0) is 13.0 Å². The molecule has 2 aromatic carbocycles. The number of aromatic hydroxyl groups is 1. The largest absolute Gasteiger partial charge is 0.507 e. The molecule has 3 rings (SSSR count). The second kappa shape index (κ2) is 7.20. The molecule has 1 heterocycles. The van der Waals surface area contributed by atoms with Gasteiger partial charge >= 0.3 is 0 Å². The minimum absolute atomic E-state index is 0.0135. The van der Waals surface area contributed by atoms with Gasteiger partial charge in [-0.2, -0.15) is 0 Å². The van der Waals surface area contributed by atoms with Crippen molar-refractivity contribution < 1.29 is 19.7 Å². The lowest BCUT2D eigenvalue weighted by molar-refractivity contribution is 0.0411. The molecule has 0 bridgehead atoms. The molecule has 140 valence electrons. The second-order valence-corrected chi connectivity index (χ2v) is 7.49. The van der Waals surface area contributed by atoms with Crippen molar-refractivity contribution in [3.8, 4) is 17.2 Å². The molecular weight excluding hydrogens is 328 g/mol. The van der Waals surface area contributed by atoms with Crippen LogP contribution in [0.2, 0.25) is 0 Å². The Morgan fingerprint density at radius 1 is 1.15 bits per heavy atom. The van der Waals surface area contributed by atoms with Crippen LogP contribution in [0.3, 0.4) is 0 Å². The van der Waals surface area contributed by atoms with Crippen molar-refractivity contribution in [1.29, 1.82) is 0 Å². The van der Waals surface area contributed by atoms with E-state index in [-0.39, 0.29) is 12.2 Å². The van der Waals surface area contributed by atoms with E-state index in [2.05, 4.69) is 6.92 Å². The van der Waals surface area contributed by atoms with E-state index in [0.717, 1.165) is 58.6 Å². The highest BCUT2D eigenvalue weighted by Gasteiger charge is 2.34. The van der Waals surface area contributed by atoms with Crippen LogP contribution in [0.25, 0.3) is 0 Å². The smallest absolute Gasteiger partial charge is 0.127 e. The molecule has 4 heteroatoms. The van der Waals surface area contributed by atoms with Gasteiger partial charge in [0.05, 0.1) is 13.2 Å². The van der Waals surface area contributed by atoms with Crippen LogP contribution in [0.5, 0.6) is 17.2 Å². The lowest BCUT2D eigenvalue weighted by atomic mass is 9.86. The summed E-state index contributed by atoms with van der Waals surface area (Å²) in [6.45, 7) is 8.60. The molecule has 0 aliphatic carbocycles. The topological polar surface area (TPSA) is 58.9 Å². The van der Waals surface area contributed by atoms with Gasteiger partial charge in [-0.3, -0.25) is 0 Å². The van der Waals surface area contributed by atoms with Crippen molar-refractivity contribution in [2.24, 2.45) is 0 Å². The number of aliphatic hydroxyl groups excluding tert-OH is 1. The fourth-order valence-corrected chi connectivity index (χ4v) is 3.59. The molecule has 0 radical (unpaired) electrons. The van der Waals surface area contributed by atoms with Crippen LogP contribution >= 0.6 is 0 Å². The molecule has 2 N–H and O–H groups in total. The van der Waals surface area contributed by atoms with Crippen LogP contribution < -0.4 is 9.47 Å². The Bertz CT molecular complexity index is 812. The minimum atomic E-state index is -0.289. The first-order chi connectivity index (χ1) is 12.3. The predicted octanol–water partition coefficient (Wildman–Crippen LogP) is 4.36. The van der Waals surface area contributed by atoms with Gasteiger partial charge in [-0.05, 0) is 74.9 Å². The van der Waals surface area contributed by atoms with Crippen LogP contribution in [0.4, 0.5) is 0 Å². The summed E-state index contributed by atoms with van der Waals surface area (Å²) in [5, 5.41) is 19.5. The molecule has 0 saturated carbocycles. The van der Waals surface area contributed by atoms with E-state index >= 15 is 0 Å². The Balaban J connectivity index is 1.71. The monoisotopic (exact) mass is 356 g/mol. The summed E-state index contributed by atoms with van der Waals surface area (Å²) in [6, 6.07) is 7.52. The van der Waals surface area contributed by atoms with E-state index in [1.165, 1.54) is 0 Å². The summed E-state index contributed by atoms with van der Waals surface area (Å²) >= 11 is 0. The number of phenolic OH excluding ortho intramolecular Hbond substituents is 1. The molecule has 1 atom stereocenters. The first-order valence-electron chi connectivity index (χ1n) is 9.18. The van der Waals surface area contributed by atoms with Crippen molar-refractivity contribution in [3.63, 3.8) is 0 Å². The van der Waals surface area contributed by atoms with Gasteiger partial charge in [0.1, 0.15) is 22.8 Å². The van der Waals surface area contributed by atoms with Gasteiger partial charge in [0.15, 0.2) is 0 Å². The lowest BCUT2D eigenvalue weighted by Crippen LogP contribution is -2.38. The molecular formula is C22H28O4. The zero-order valence-corrected chi connectivity index (χ0v) is 16.1. The van der Waals surface area contributed by atoms with Crippen molar-refractivity contribution in [1.82, 2.24) is 0 Å². The van der Waals surface area contributed by atoms with Crippen LogP contribution in [0.15, 0.2) is 24.3 Å². The maximum Gasteiger partial charge on any atom is 0.127 e. The minimum Gasteiger partial charge on any atom is -0.507 e. The number of hydrogen-bond donors (Lipinski definition) is 2. The van der Waals surface area contributed by atoms with Crippen molar-refractivity contribution in [2.45, 2.75) is 59.2 Å². The zero-order chi connectivity index (χ0) is 18.9. The van der Waals surface area contributed by atoms with E-state index in [0.29, 0.717) is 12.4 Å². The summed E-state index contributed by atoms with van der Waals surface area (Å²) in [4.78, 5) is 0. The first kappa shape index (κ1) is 18.6. The third-order valence-electron chi connectivity index (χ3n) is 5.57. The van der Waals surface area contributed by atoms with E-state index in [4.69, 9.17) is 9.47 Å². The highest BCUT2D eigenvalue weighted by Crippen LogP contribution is 2.44. The number of rotatable bonds is 5. The normalized spacial score (nSPS) is 19.0. The molecule has 1 unspecified atom stereocenters. The summed E-state index contributed by atoms with van der Waals surface area (Å²) in [5.74, 6) is 2.08. The van der Waals surface area contributed by atoms with Crippen LogP contribution in [0.1, 0.15) is 47.6 Å². The van der Waals surface area contributed by atoms with Gasteiger partial charge in [-0.15, -0.1) is 0 Å². The molecule has 0 fully saturated rings. The molecule has 26 heavy (non-hydrogen) atoms. The van der Waals surface area contributed by atoms with Gasteiger partial charge in [-0.25, -0.2) is 0 Å². The van der Waals surface area contributed by atoms with Gasteiger partial charge in [0.25, 0.3) is 0 Å². The maximum atomic E-state index is 10.3. The van der Waals surface area contributed by atoms with Crippen molar-refractivity contribution in [2.75, 3.05) is 6.61 Å². The molecule has 1 aliphatic rings. The Kier molecular flexibility index (Phi) is 5.15. The Hall–Kier alpha value is -2.20. The summed E-state index contributed by atoms with van der Waals surface area (Å²) in [6.07, 6.45) is 2.56. The van der Waals surface area contributed by atoms with E-state index < -0.39 is 0 Å². The molecule has 0 spiro atoms. The third-order valence-corrected chi connectivity index (χ3v) is 5.57. The average Bonchev–Trinajstić information content (AvgIpc) is 2.64. The van der Waals surface area contributed by atoms with Crippen molar-refractivity contribution in [3.05, 3.63) is 52.1 Å². The lowest BCUT2D eigenvalue weighted by Gasteiger charge is -2.38. The van der Waals surface area contributed by atoms with Crippen LogP contribution in [-0.4, -0.2) is 22.4 Å². The number of ether oxygens (including phenoxy) is 2. The highest BCUT2D eigenvalue weighted by atomic mass is 16.5. The molecule has 0 aromatic heterocycles. The Morgan fingerprint density at radius 2 is 1.92 bits per heavy atom. The van der Waals surface area contributed by atoms with Gasteiger partial charge in [0.2, 0.25) is 0 Å². The standard InChI is InChI=1S/C22H28O4/c1-14-15(2)21-19(16(3)20(14)24)8-9-22(4,26-21)10-11-25-18-7-5-6-17(12-18)13-23/h5-7,12,23-24H,8-11,13H2,1-4H3. The molecule has 1 aliphatic heterocycles. The van der Waals surface area contributed by atoms with Gasteiger partial charge in [-0.1, -0.05) is 12.1 Å². The Labute approximate surface area is 155 Å². The predicted molar refractivity (Wildman–Crippen MR) is 102 cm³/mol. The number of fused-ring (bicyclic) bond motifs is 1. The van der Waals surface area contributed by atoms with Gasteiger partial charge < -0.3 is 19.7 Å². The van der Waals surface area contributed by atoms with E-state index in [1.54, 1.807) is 0 Å². The number of phenols is 1. The highest BCUT2D eigenvalue weighted by molar-refractivity contribution is 5.58. The summed E-state index contributed by atoms with van der Waals surface area (Å²) in [5.41, 5.74) is 4.52. The number of benzene rings is 2. The Morgan fingerprint density at radius 3 is 2.65 bits per heavy atom. The second-order valence-electron chi connectivity index (χ2n) is 7.49. The quantitative estimate of drug-likeness (QED) is 0.835. The maximum absolute atomic E-state index is 10.3. The van der Waals surface area contributed by atoms with Crippen molar-refractivity contribution >= 4 is 0 Å². The molecule has 4 nitrogen and oxygen atoms in total. The SMILES string of the molecule is Cc1c(C)c2c(c(C)c1O)CCC(C)(CCOc1cccc(CO)c1)O2.